The van der Waals surface area contributed by atoms with Crippen LogP contribution in [-0.2, 0) is 31.3 Å². The van der Waals surface area contributed by atoms with E-state index in [1.54, 1.807) is 18.2 Å². The zero-order valence-electron chi connectivity index (χ0n) is 35.6. The minimum atomic E-state index is -4.92. The lowest BCUT2D eigenvalue weighted by atomic mass is 10.2. The third-order valence-electron chi connectivity index (χ3n) is 8.39. The number of nitriles is 1. The van der Waals surface area contributed by atoms with Crippen molar-refractivity contribution in [1.82, 2.24) is 15.0 Å². The van der Waals surface area contributed by atoms with Crippen molar-refractivity contribution in [3.63, 3.8) is 0 Å². The van der Waals surface area contributed by atoms with Gasteiger partial charge in [0.1, 0.15) is 32.9 Å². The molecule has 3 heterocycles. The molecule has 3 N–H and O–H groups in total. The highest BCUT2D eigenvalue weighted by Gasteiger charge is 2.27. The fourth-order valence-corrected chi connectivity index (χ4v) is 8.90. The quantitative estimate of drug-likeness (QED) is 0.0230. The lowest BCUT2D eigenvalue weighted by Crippen LogP contribution is -2.21. The summed E-state index contributed by atoms with van der Waals surface area (Å²) >= 11 is 3.03. The topological polar surface area (TPSA) is 338 Å². The number of rotatable bonds is 19. The molecule has 0 spiro atoms. The van der Waals surface area contributed by atoms with Crippen LogP contribution in [-0.4, -0.2) is 97.7 Å². The number of nitrogens with zero attached hydrogens (tertiary/aromatic N) is 11. The fourth-order valence-electron chi connectivity index (χ4n) is 5.62. The van der Waals surface area contributed by atoms with Crippen molar-refractivity contribution < 1.29 is 47.8 Å². The Hall–Kier alpha value is -6.93. The zero-order valence-corrected chi connectivity index (χ0v) is 40.5. The Morgan fingerprint density at radius 1 is 0.776 bits per heavy atom. The number of hydrogen-bond donors (Lipinski definition) is 3. The molecule has 0 aliphatic heterocycles. The van der Waals surface area contributed by atoms with Gasteiger partial charge in [0.15, 0.2) is 22.7 Å². The number of anilines is 6. The summed E-state index contributed by atoms with van der Waals surface area (Å²) in [6, 6.07) is 14.1. The SMILES string of the molecule is O=S(=O)=O.O=S(=O)=O.[C-]#[N+]c1cc(C=O)sc1N=Nc1ccc(N(CC)CC)cc1Nc1nc(Nc2cc(N(CC)CC)ccc2N=Nc2sc(C=O)c(S(=O)(=O)O)c2C#N)nc(SCC)n1. The molecule has 0 saturated heterocycles. The average Bonchev–Trinajstić information content (AvgIpc) is 3.87. The number of aldehydes is 2. The first-order chi connectivity index (χ1) is 31.9. The van der Waals surface area contributed by atoms with E-state index in [4.69, 9.17) is 36.8 Å². The van der Waals surface area contributed by atoms with Gasteiger partial charge in [0, 0.05) is 37.6 Å². The maximum atomic E-state index is 12.0. The third-order valence-corrected chi connectivity index (χ3v) is 12.1. The predicted molar refractivity (Wildman–Crippen MR) is 251 cm³/mol. The molecule has 24 nitrogen and oxygen atoms in total. The molecule has 0 radical (unpaired) electrons. The van der Waals surface area contributed by atoms with Crippen molar-refractivity contribution in [3.05, 3.63) is 69.2 Å². The van der Waals surface area contributed by atoms with E-state index in [0.29, 0.717) is 68.6 Å². The molecule has 0 fully saturated rings. The van der Waals surface area contributed by atoms with Gasteiger partial charge in [-0.1, -0.05) is 18.7 Å². The molecule has 2 aromatic carbocycles. The van der Waals surface area contributed by atoms with E-state index in [-0.39, 0.29) is 34.6 Å². The predicted octanol–water partition coefficient (Wildman–Crippen LogP) is 8.40. The standard InChI is InChI=1S/C37H37N13O5S4.2O3S/c1-7-49(8-2)22-12-14-26(45-47-33-25(19-38)32(59(53,54)55)31(21-52)58-33)28(16-22)40-35-42-36(44-37(43-35)56-11-5)41-29-17-23(50(9-3)10-4)13-15-27(29)46-48-34-30(39-6)18-24(20-51)57-34;2*1-4(2)3/h12-18,20-21H,7-11H2,1-5H3,(H,53,54,55)(H2,40,41,42,43,44);;. The molecule has 0 unspecified atom stereocenters. The Balaban J connectivity index is 0.00000137. The molecular weight excluding hydrogens is 995 g/mol. The number of thioether (sulfide) groups is 1. The van der Waals surface area contributed by atoms with Gasteiger partial charge in [-0.2, -0.15) is 33.7 Å². The van der Waals surface area contributed by atoms with Crippen molar-refractivity contribution in [3.8, 4) is 6.07 Å². The molecule has 0 bridgehead atoms. The van der Waals surface area contributed by atoms with Gasteiger partial charge in [-0.25, -0.2) is 4.85 Å². The van der Waals surface area contributed by atoms with Crippen LogP contribution in [0.3, 0.4) is 0 Å². The minimum absolute atomic E-state index is 0.127. The van der Waals surface area contributed by atoms with E-state index in [1.165, 1.54) is 17.8 Å². The summed E-state index contributed by atoms with van der Waals surface area (Å²) < 4.78 is 84.5. The average molecular weight is 1030 g/mol. The summed E-state index contributed by atoms with van der Waals surface area (Å²) in [5.74, 6) is 0.925. The molecule has 0 amide bonds. The molecule has 3 aromatic heterocycles. The normalized spacial score (nSPS) is 10.7. The van der Waals surface area contributed by atoms with Crippen LogP contribution < -0.4 is 20.4 Å². The number of azo groups is 2. The van der Waals surface area contributed by atoms with Gasteiger partial charge in [0.2, 0.25) is 17.6 Å². The molecule has 0 atom stereocenters. The number of aromatic nitrogens is 3. The second-order valence-electron chi connectivity index (χ2n) is 12.3. The molecule has 0 aliphatic rings. The first kappa shape index (κ1) is 54.4. The van der Waals surface area contributed by atoms with Gasteiger partial charge in [-0.05, 0) is 75.9 Å². The molecule has 0 aliphatic carbocycles. The van der Waals surface area contributed by atoms with Gasteiger partial charge >= 0.3 is 21.2 Å². The van der Waals surface area contributed by atoms with Gasteiger partial charge in [0.05, 0.1) is 27.7 Å². The van der Waals surface area contributed by atoms with E-state index < -0.39 is 46.7 Å². The largest absolute Gasteiger partial charge is 0.425 e. The Bertz CT molecular complexity index is 3050. The van der Waals surface area contributed by atoms with E-state index in [2.05, 4.69) is 55.7 Å². The molecule has 352 valence electrons. The van der Waals surface area contributed by atoms with Crippen LogP contribution in [0.15, 0.2) is 73.0 Å². The first-order valence-corrected chi connectivity index (χ1v) is 25.0. The molecule has 67 heavy (non-hydrogen) atoms. The smallest absolute Gasteiger partial charge is 0.372 e. The summed E-state index contributed by atoms with van der Waals surface area (Å²) in [7, 11) is -11.1. The summed E-state index contributed by atoms with van der Waals surface area (Å²) in [6.45, 7) is 20.4. The first-order valence-electron chi connectivity index (χ1n) is 18.9. The van der Waals surface area contributed by atoms with Gasteiger partial charge in [0.25, 0.3) is 10.1 Å². The number of nitrogens with one attached hydrogen (secondary N) is 2. The lowest BCUT2D eigenvalue weighted by Gasteiger charge is -2.22. The van der Waals surface area contributed by atoms with Crippen LogP contribution >= 0.6 is 34.4 Å². The second-order valence-corrected chi connectivity index (χ2v) is 17.8. The summed E-state index contributed by atoms with van der Waals surface area (Å²) in [5.41, 5.74) is 2.97. The Morgan fingerprint density at radius 3 is 1.64 bits per heavy atom. The zero-order chi connectivity index (χ0) is 49.8. The van der Waals surface area contributed by atoms with Crippen LogP contribution in [0.5, 0.6) is 0 Å². The van der Waals surface area contributed by atoms with E-state index >= 15 is 0 Å². The fraction of sp³-hybridized carbons (Fsp3) is 0.270. The number of carbonyl (C=O) groups excluding carboxylic acids is 2. The maximum Gasteiger partial charge on any atom is 0.425 e. The van der Waals surface area contributed by atoms with Gasteiger partial charge < -0.3 is 20.4 Å². The summed E-state index contributed by atoms with van der Waals surface area (Å²) in [4.78, 5) is 43.9. The summed E-state index contributed by atoms with van der Waals surface area (Å²) in [6.07, 6.45) is 0.887. The lowest BCUT2D eigenvalue weighted by molar-refractivity contribution is 0.111. The van der Waals surface area contributed by atoms with E-state index in [9.17, 15) is 27.8 Å². The highest BCUT2D eigenvalue weighted by atomic mass is 32.2. The third kappa shape index (κ3) is 15.9. The Morgan fingerprint density at radius 2 is 1.25 bits per heavy atom. The Labute approximate surface area is 398 Å². The highest BCUT2D eigenvalue weighted by Crippen LogP contribution is 2.42. The van der Waals surface area contributed by atoms with Crippen molar-refractivity contribution >= 4 is 140 Å². The van der Waals surface area contributed by atoms with Crippen LogP contribution in [0.25, 0.3) is 4.85 Å². The minimum Gasteiger partial charge on any atom is -0.372 e. The number of hydrogen-bond acceptors (Lipinski definition) is 25. The molecule has 0 saturated carbocycles. The van der Waals surface area contributed by atoms with Gasteiger partial charge in [-0.15, -0.1) is 63.3 Å². The van der Waals surface area contributed by atoms with Crippen molar-refractivity contribution in [1.29, 1.82) is 5.26 Å². The molecule has 30 heteroatoms. The monoisotopic (exact) mass is 1030 g/mol. The summed E-state index contributed by atoms with van der Waals surface area (Å²) in [5, 5.41) is 34.0. The van der Waals surface area contributed by atoms with E-state index in [0.717, 1.165) is 35.8 Å². The molecule has 5 aromatic rings. The number of carbonyl (C=O) groups is 2. The molecular formula is C37H37N13O11S6. The van der Waals surface area contributed by atoms with Crippen molar-refractivity contribution in [2.75, 3.05) is 52.4 Å². The van der Waals surface area contributed by atoms with Crippen LogP contribution in [0.4, 0.5) is 61.7 Å². The highest BCUT2D eigenvalue weighted by molar-refractivity contribution is 7.99. The van der Waals surface area contributed by atoms with Crippen molar-refractivity contribution in [2.24, 2.45) is 20.5 Å². The van der Waals surface area contributed by atoms with Crippen molar-refractivity contribution in [2.45, 2.75) is 44.7 Å². The maximum absolute atomic E-state index is 12.0. The number of thiophene rings is 2. The van der Waals surface area contributed by atoms with Crippen LogP contribution in [0.2, 0.25) is 0 Å². The Kier molecular flexibility index (Phi) is 21.3. The van der Waals surface area contributed by atoms with E-state index in [1.807, 2.05) is 58.9 Å². The van der Waals surface area contributed by atoms with Gasteiger partial charge in [-0.3, -0.25) is 14.1 Å². The van der Waals surface area contributed by atoms with Crippen LogP contribution in [0, 0.1) is 17.9 Å². The molecule has 5 rings (SSSR count). The number of benzene rings is 2. The van der Waals surface area contributed by atoms with Crippen LogP contribution in [0.1, 0.15) is 59.5 Å². The second kappa shape index (κ2) is 26.3.